The minimum atomic E-state index is -1.03. The summed E-state index contributed by atoms with van der Waals surface area (Å²) >= 11 is 0. The molecule has 0 aliphatic carbocycles. The largest absolute Gasteiger partial charge is 0.459 e. The van der Waals surface area contributed by atoms with E-state index in [1.54, 1.807) is 12.1 Å². The first-order valence-electron chi connectivity index (χ1n) is 14.2. The number of nitrogens with one attached hydrogen (secondary N) is 3. The number of hydrogen-bond donors (Lipinski definition) is 3. The minimum absolute atomic E-state index is 0.0203. The Labute approximate surface area is 245 Å². The monoisotopic (exact) mass is 581 g/mol. The van der Waals surface area contributed by atoms with Crippen LogP contribution in [0.2, 0.25) is 0 Å². The predicted octanol–water partition coefficient (Wildman–Crippen LogP) is 3.01. The summed E-state index contributed by atoms with van der Waals surface area (Å²) in [7, 11) is 0. The maximum Gasteiger partial charge on any atom is 0.408 e. The van der Waals surface area contributed by atoms with Crippen molar-refractivity contribution in [2.45, 2.75) is 71.4 Å². The van der Waals surface area contributed by atoms with Gasteiger partial charge < -0.3 is 30.2 Å². The molecule has 0 saturated carbocycles. The van der Waals surface area contributed by atoms with E-state index in [9.17, 15) is 24.0 Å². The summed E-state index contributed by atoms with van der Waals surface area (Å²) in [6.07, 6.45) is -0.377. The number of carbonyl (C=O) groups excluding carboxylic acids is 5. The molecule has 11 heteroatoms. The number of benzene rings is 2. The van der Waals surface area contributed by atoms with Crippen molar-refractivity contribution in [1.29, 1.82) is 0 Å². The van der Waals surface area contributed by atoms with Crippen LogP contribution in [0.25, 0.3) is 0 Å². The Kier molecular flexibility index (Phi) is 12.3. The lowest BCUT2D eigenvalue weighted by Gasteiger charge is -2.37. The first-order chi connectivity index (χ1) is 20.2. The Morgan fingerprint density at radius 2 is 1.48 bits per heavy atom. The number of amides is 3. The van der Waals surface area contributed by atoms with Gasteiger partial charge in [0.15, 0.2) is 6.10 Å². The summed E-state index contributed by atoms with van der Waals surface area (Å²) in [6.45, 7) is 5.57. The first kappa shape index (κ1) is 32.1. The summed E-state index contributed by atoms with van der Waals surface area (Å²) in [6, 6.07) is 16.2. The third kappa shape index (κ3) is 9.60. The molecule has 1 aliphatic heterocycles. The maximum atomic E-state index is 12.9. The molecule has 1 fully saturated rings. The van der Waals surface area contributed by atoms with Gasteiger partial charge in [0.25, 0.3) is 5.91 Å². The number of ether oxygens (including phenoxy) is 3. The average molecular weight is 582 g/mol. The second-order valence-corrected chi connectivity index (χ2v) is 10.3. The van der Waals surface area contributed by atoms with Crippen LogP contribution in [-0.4, -0.2) is 54.6 Å². The summed E-state index contributed by atoms with van der Waals surface area (Å²) in [5.74, 6) is -2.47. The lowest BCUT2D eigenvalue weighted by atomic mass is 9.83. The fraction of sp³-hybridized carbons (Fsp3) is 0.452. The predicted molar refractivity (Wildman–Crippen MR) is 152 cm³/mol. The van der Waals surface area contributed by atoms with Gasteiger partial charge in [0.1, 0.15) is 31.2 Å². The quantitative estimate of drug-likeness (QED) is 0.165. The number of hydrogen-bond acceptors (Lipinski definition) is 8. The van der Waals surface area contributed by atoms with Crippen LogP contribution in [0, 0.1) is 11.8 Å². The number of alkyl carbamates (subject to hydrolysis) is 1. The molecule has 3 amide bonds. The molecule has 3 N–H and O–H groups in total. The molecule has 0 unspecified atom stereocenters. The molecule has 3 rings (SSSR count). The van der Waals surface area contributed by atoms with Gasteiger partial charge in [-0.25, -0.2) is 9.59 Å². The van der Waals surface area contributed by atoms with Crippen LogP contribution in [0.5, 0.6) is 0 Å². The zero-order valence-electron chi connectivity index (χ0n) is 24.2. The van der Waals surface area contributed by atoms with E-state index in [4.69, 9.17) is 14.2 Å². The first-order valence-corrected chi connectivity index (χ1v) is 14.2. The summed E-state index contributed by atoms with van der Waals surface area (Å²) in [4.78, 5) is 62.4. The Morgan fingerprint density at radius 3 is 2.05 bits per heavy atom. The second-order valence-electron chi connectivity index (χ2n) is 10.3. The van der Waals surface area contributed by atoms with Gasteiger partial charge in [-0.2, -0.15) is 0 Å². The highest BCUT2D eigenvalue weighted by atomic mass is 16.6. The van der Waals surface area contributed by atoms with E-state index in [0.29, 0.717) is 6.42 Å². The number of esters is 2. The number of rotatable bonds is 15. The molecule has 226 valence electrons. The fourth-order valence-electron chi connectivity index (χ4n) is 4.33. The Balaban J connectivity index is 1.51. The van der Waals surface area contributed by atoms with Crippen molar-refractivity contribution < 1.29 is 38.2 Å². The van der Waals surface area contributed by atoms with Crippen LogP contribution in [0.1, 0.15) is 51.2 Å². The zero-order chi connectivity index (χ0) is 30.5. The number of cyclic esters (lactones) is 1. The molecule has 0 bridgehead atoms. The van der Waals surface area contributed by atoms with Crippen LogP contribution in [-0.2, 0) is 46.6 Å². The van der Waals surface area contributed by atoms with E-state index >= 15 is 0 Å². The van der Waals surface area contributed by atoms with E-state index in [0.717, 1.165) is 17.5 Å². The smallest absolute Gasteiger partial charge is 0.408 e. The van der Waals surface area contributed by atoms with Gasteiger partial charge in [-0.05, 0) is 36.8 Å². The van der Waals surface area contributed by atoms with Crippen molar-refractivity contribution >= 4 is 29.8 Å². The molecular weight excluding hydrogens is 542 g/mol. The van der Waals surface area contributed by atoms with Crippen LogP contribution >= 0.6 is 0 Å². The molecule has 42 heavy (non-hydrogen) atoms. The molecule has 1 heterocycles. The summed E-state index contributed by atoms with van der Waals surface area (Å²) in [5, 5.41) is 7.83. The molecule has 0 radical (unpaired) electrons. The maximum absolute atomic E-state index is 12.9. The highest BCUT2D eigenvalue weighted by Crippen LogP contribution is 2.31. The van der Waals surface area contributed by atoms with Gasteiger partial charge in [0.2, 0.25) is 5.91 Å². The Morgan fingerprint density at radius 1 is 0.881 bits per heavy atom. The zero-order valence-corrected chi connectivity index (χ0v) is 24.2. The van der Waals surface area contributed by atoms with Crippen molar-refractivity contribution in [3.05, 3.63) is 71.8 Å². The van der Waals surface area contributed by atoms with Crippen LogP contribution in [0.15, 0.2) is 60.7 Å². The standard InChI is InChI=1S/C31H39N3O8/c1-4-20(2)25-26(42-30(25)38)28(36)32-17-11-16-24(29(37)40-18-22-12-7-5-8-13-22)34-27(35)21(3)33-31(39)41-19-23-14-9-6-10-15-23/h5-10,12-15,20-21,24-26H,4,11,16-19H2,1-3H3,(H,32,36)(H,33,39)(H,34,35)/t20-,21-,24-,25-,26-/m0/s1. The summed E-state index contributed by atoms with van der Waals surface area (Å²) in [5.41, 5.74) is 1.58. The third-order valence-electron chi connectivity index (χ3n) is 7.09. The molecule has 11 nitrogen and oxygen atoms in total. The second kappa shape index (κ2) is 16.1. The Hall–Kier alpha value is -4.41. The number of carbonyl (C=O) groups is 5. The van der Waals surface area contributed by atoms with E-state index in [2.05, 4.69) is 16.0 Å². The van der Waals surface area contributed by atoms with Gasteiger partial charge in [-0.3, -0.25) is 14.4 Å². The third-order valence-corrected chi connectivity index (χ3v) is 7.09. The Bertz CT molecular complexity index is 1210. The van der Waals surface area contributed by atoms with Crippen molar-refractivity contribution in [2.24, 2.45) is 11.8 Å². The van der Waals surface area contributed by atoms with E-state index in [1.807, 2.05) is 62.4 Å². The topological polar surface area (TPSA) is 149 Å². The molecule has 0 aromatic heterocycles. The molecule has 2 aromatic rings. The SMILES string of the molecule is CC[C@H](C)[C@@H]1C(=O)O[C@@H]1C(=O)NCCC[C@H](NC(=O)[C@H](C)NC(=O)OCc1ccccc1)C(=O)OCc1ccccc1. The average Bonchev–Trinajstić information content (AvgIpc) is 2.99. The normalized spacial score (nSPS) is 17.8. The van der Waals surface area contributed by atoms with Crippen LogP contribution < -0.4 is 16.0 Å². The van der Waals surface area contributed by atoms with Gasteiger partial charge in [0.05, 0.1) is 0 Å². The van der Waals surface area contributed by atoms with E-state index < -0.39 is 42.1 Å². The molecule has 1 aliphatic rings. The molecule has 2 aromatic carbocycles. The fourth-order valence-corrected chi connectivity index (χ4v) is 4.33. The van der Waals surface area contributed by atoms with Gasteiger partial charge in [0, 0.05) is 6.54 Å². The van der Waals surface area contributed by atoms with Crippen molar-refractivity contribution in [1.82, 2.24) is 16.0 Å². The molecule has 0 spiro atoms. The van der Waals surface area contributed by atoms with Crippen LogP contribution in [0.4, 0.5) is 4.79 Å². The van der Waals surface area contributed by atoms with E-state index in [-0.39, 0.29) is 44.0 Å². The molecular formula is C31H39N3O8. The highest BCUT2D eigenvalue weighted by molar-refractivity contribution is 5.94. The van der Waals surface area contributed by atoms with Crippen molar-refractivity contribution in [3.63, 3.8) is 0 Å². The van der Waals surface area contributed by atoms with Crippen molar-refractivity contribution in [3.8, 4) is 0 Å². The lowest BCUT2D eigenvalue weighted by molar-refractivity contribution is -0.193. The van der Waals surface area contributed by atoms with Gasteiger partial charge >= 0.3 is 18.0 Å². The lowest BCUT2D eigenvalue weighted by Crippen LogP contribution is -2.56. The van der Waals surface area contributed by atoms with Crippen molar-refractivity contribution in [2.75, 3.05) is 6.54 Å². The highest BCUT2D eigenvalue weighted by Gasteiger charge is 2.49. The summed E-state index contributed by atoms with van der Waals surface area (Å²) < 4.78 is 15.7. The molecule has 5 atom stereocenters. The van der Waals surface area contributed by atoms with Crippen LogP contribution in [0.3, 0.4) is 0 Å². The van der Waals surface area contributed by atoms with Gasteiger partial charge in [-0.1, -0.05) is 80.9 Å². The minimum Gasteiger partial charge on any atom is -0.459 e. The molecule has 1 saturated heterocycles. The van der Waals surface area contributed by atoms with Gasteiger partial charge in [-0.15, -0.1) is 0 Å². The van der Waals surface area contributed by atoms with E-state index in [1.165, 1.54) is 6.92 Å².